The Balaban J connectivity index is 1.72. The topological polar surface area (TPSA) is 26.0 Å². The molecule has 3 heteroatoms. The van der Waals surface area contributed by atoms with Gasteiger partial charge in [0.2, 0.25) is 5.92 Å². The molecule has 1 atom stereocenters. The highest BCUT2D eigenvalue weighted by Gasteiger charge is 2.42. The smallest absolute Gasteiger partial charge is 0.248 e. The van der Waals surface area contributed by atoms with Gasteiger partial charge in [0, 0.05) is 18.4 Å². The van der Waals surface area contributed by atoms with Crippen LogP contribution in [0.3, 0.4) is 0 Å². The molecule has 0 bridgehead atoms. The summed E-state index contributed by atoms with van der Waals surface area (Å²) in [5.41, 5.74) is 5.94. The van der Waals surface area contributed by atoms with Gasteiger partial charge in [-0.1, -0.05) is 0 Å². The van der Waals surface area contributed by atoms with Crippen LogP contribution in [0.25, 0.3) is 0 Å². The molecule has 0 heterocycles. The van der Waals surface area contributed by atoms with Gasteiger partial charge in [0.1, 0.15) is 0 Å². The minimum absolute atomic E-state index is 0.0396. The molecule has 2 rings (SSSR count). The van der Waals surface area contributed by atoms with Crippen LogP contribution in [0.15, 0.2) is 0 Å². The van der Waals surface area contributed by atoms with Crippen molar-refractivity contribution >= 4 is 0 Å². The van der Waals surface area contributed by atoms with Crippen LogP contribution in [0.2, 0.25) is 0 Å². The third-order valence-electron chi connectivity index (χ3n) is 3.45. The van der Waals surface area contributed by atoms with Gasteiger partial charge in [-0.05, 0) is 38.0 Å². The fourth-order valence-electron chi connectivity index (χ4n) is 2.19. The van der Waals surface area contributed by atoms with Crippen molar-refractivity contribution in [3.05, 3.63) is 0 Å². The Morgan fingerprint density at radius 2 is 1.92 bits per heavy atom. The van der Waals surface area contributed by atoms with Gasteiger partial charge >= 0.3 is 0 Å². The lowest BCUT2D eigenvalue weighted by atomic mass is 9.97. The van der Waals surface area contributed by atoms with Crippen molar-refractivity contribution in [2.24, 2.45) is 11.7 Å². The Hall–Kier alpha value is -0.180. The predicted molar refractivity (Wildman–Crippen MR) is 47.7 cm³/mol. The number of halogens is 2. The van der Waals surface area contributed by atoms with Gasteiger partial charge in [-0.25, -0.2) is 8.78 Å². The summed E-state index contributed by atoms with van der Waals surface area (Å²) in [5.74, 6) is -2.15. The Labute approximate surface area is 77.7 Å². The first-order valence-electron chi connectivity index (χ1n) is 5.16. The van der Waals surface area contributed by atoms with Crippen LogP contribution in [0, 0.1) is 5.92 Å². The van der Waals surface area contributed by atoms with Crippen molar-refractivity contribution in [2.45, 2.75) is 56.4 Å². The maximum absolute atomic E-state index is 12.8. The molecule has 0 aliphatic heterocycles. The van der Waals surface area contributed by atoms with Crippen LogP contribution in [0.4, 0.5) is 8.78 Å². The van der Waals surface area contributed by atoms with Gasteiger partial charge in [-0.3, -0.25) is 0 Å². The van der Waals surface area contributed by atoms with Crippen molar-refractivity contribution < 1.29 is 8.78 Å². The van der Waals surface area contributed by atoms with Crippen molar-refractivity contribution in [2.75, 3.05) is 0 Å². The van der Waals surface area contributed by atoms with Crippen molar-refractivity contribution in [3.63, 3.8) is 0 Å². The zero-order chi connectivity index (χ0) is 9.53. The van der Waals surface area contributed by atoms with E-state index in [1.54, 1.807) is 0 Å². The van der Waals surface area contributed by atoms with E-state index < -0.39 is 5.92 Å². The van der Waals surface area contributed by atoms with Gasteiger partial charge < -0.3 is 5.73 Å². The molecule has 2 N–H and O–H groups in total. The zero-order valence-corrected chi connectivity index (χ0v) is 7.86. The third-order valence-corrected chi connectivity index (χ3v) is 3.45. The van der Waals surface area contributed by atoms with E-state index in [0.29, 0.717) is 6.42 Å². The normalized spacial score (nSPS) is 34.8. The fraction of sp³-hybridized carbons (Fsp3) is 1.00. The summed E-state index contributed by atoms with van der Waals surface area (Å²) in [6, 6.07) is 0. The summed E-state index contributed by atoms with van der Waals surface area (Å²) in [7, 11) is 0. The maximum atomic E-state index is 12.8. The second kappa shape index (κ2) is 2.91. The predicted octanol–water partition coefficient (Wildman–Crippen LogP) is 2.69. The molecule has 0 aromatic rings. The molecule has 2 saturated carbocycles. The molecule has 0 aromatic carbocycles. The van der Waals surface area contributed by atoms with E-state index >= 15 is 0 Å². The summed E-state index contributed by atoms with van der Waals surface area (Å²) in [6.45, 7) is 0. The summed E-state index contributed by atoms with van der Waals surface area (Å²) in [6.07, 6.45) is 4.94. The quantitative estimate of drug-likeness (QED) is 0.725. The van der Waals surface area contributed by atoms with Gasteiger partial charge in [-0.2, -0.15) is 0 Å². The van der Waals surface area contributed by atoms with Crippen molar-refractivity contribution in [1.82, 2.24) is 0 Å². The van der Waals surface area contributed by atoms with Gasteiger partial charge in [0.25, 0.3) is 0 Å². The van der Waals surface area contributed by atoms with E-state index in [-0.39, 0.29) is 24.3 Å². The van der Waals surface area contributed by atoms with Crippen LogP contribution in [0.5, 0.6) is 0 Å². The molecule has 0 aromatic heterocycles. The van der Waals surface area contributed by atoms with Crippen LogP contribution < -0.4 is 5.73 Å². The summed E-state index contributed by atoms with van der Waals surface area (Å²) < 4.78 is 25.6. The molecule has 0 amide bonds. The highest BCUT2D eigenvalue weighted by atomic mass is 19.3. The second-order valence-electron chi connectivity index (χ2n) is 4.87. The molecule has 2 aliphatic rings. The molecule has 2 fully saturated rings. The number of alkyl halides is 2. The average Bonchev–Trinajstić information content (AvgIpc) is 2.65. The molecular weight excluding hydrogens is 172 g/mol. The van der Waals surface area contributed by atoms with E-state index in [1.807, 2.05) is 0 Å². The third kappa shape index (κ3) is 2.39. The largest absolute Gasteiger partial charge is 0.325 e. The van der Waals surface area contributed by atoms with E-state index in [4.69, 9.17) is 5.73 Å². The monoisotopic (exact) mass is 189 g/mol. The second-order valence-corrected chi connectivity index (χ2v) is 4.87. The highest BCUT2D eigenvalue weighted by Crippen LogP contribution is 2.44. The number of hydrogen-bond acceptors (Lipinski definition) is 1. The van der Waals surface area contributed by atoms with Crippen molar-refractivity contribution in [1.29, 1.82) is 0 Å². The Morgan fingerprint density at radius 3 is 2.38 bits per heavy atom. The fourth-order valence-corrected chi connectivity index (χ4v) is 2.19. The minimum atomic E-state index is -2.38. The molecule has 0 saturated heterocycles. The lowest BCUT2D eigenvalue weighted by Crippen LogP contribution is -2.22. The molecular formula is C10H17F2N. The van der Waals surface area contributed by atoms with Gasteiger partial charge in [0.05, 0.1) is 0 Å². The molecule has 13 heavy (non-hydrogen) atoms. The molecule has 1 nitrogen and oxygen atoms in total. The Kier molecular flexibility index (Phi) is 2.10. The summed E-state index contributed by atoms with van der Waals surface area (Å²) in [5, 5.41) is 0. The van der Waals surface area contributed by atoms with Crippen molar-refractivity contribution in [3.8, 4) is 0 Å². The lowest BCUT2D eigenvalue weighted by molar-refractivity contribution is 0.00453. The Morgan fingerprint density at radius 1 is 1.23 bits per heavy atom. The molecule has 2 aliphatic carbocycles. The van der Waals surface area contributed by atoms with E-state index in [1.165, 1.54) is 0 Å². The first kappa shape index (κ1) is 9.38. The molecule has 76 valence electrons. The molecule has 0 spiro atoms. The average molecular weight is 189 g/mol. The van der Waals surface area contributed by atoms with E-state index in [9.17, 15) is 8.78 Å². The summed E-state index contributed by atoms with van der Waals surface area (Å²) >= 11 is 0. The number of hydrogen-bond donors (Lipinski definition) is 1. The zero-order valence-electron chi connectivity index (χ0n) is 7.86. The minimum Gasteiger partial charge on any atom is -0.325 e. The van der Waals surface area contributed by atoms with E-state index in [2.05, 4.69) is 0 Å². The maximum Gasteiger partial charge on any atom is 0.248 e. The number of rotatable bonds is 3. The molecule has 0 radical (unpaired) electrons. The first-order valence-corrected chi connectivity index (χ1v) is 5.16. The van der Waals surface area contributed by atoms with Gasteiger partial charge in [-0.15, -0.1) is 0 Å². The highest BCUT2D eigenvalue weighted by molar-refractivity contribution is 4.99. The van der Waals surface area contributed by atoms with Crippen LogP contribution in [-0.4, -0.2) is 11.5 Å². The van der Waals surface area contributed by atoms with Crippen LogP contribution in [-0.2, 0) is 0 Å². The standard InChI is InChI=1S/C10H17F2N/c11-10(12)4-2-8(7-10)1-3-9(13)5-6-9/h8H,1-7,13H2. The number of nitrogens with two attached hydrogens (primary N) is 1. The van der Waals surface area contributed by atoms with E-state index in [0.717, 1.165) is 25.7 Å². The van der Waals surface area contributed by atoms with Crippen LogP contribution in [0.1, 0.15) is 44.9 Å². The lowest BCUT2D eigenvalue weighted by Gasteiger charge is -2.13. The van der Waals surface area contributed by atoms with Crippen LogP contribution >= 0.6 is 0 Å². The SMILES string of the molecule is NC1(CCC2CCC(F)(F)C2)CC1. The Bertz CT molecular complexity index is 199. The summed E-state index contributed by atoms with van der Waals surface area (Å²) in [4.78, 5) is 0. The van der Waals surface area contributed by atoms with Gasteiger partial charge in [0.15, 0.2) is 0 Å². The first-order chi connectivity index (χ1) is 5.99. The molecule has 1 unspecified atom stereocenters.